The average molecular weight is 317 g/mol. The quantitative estimate of drug-likeness (QED) is 0.817. The molecule has 1 aromatic rings. The van der Waals surface area contributed by atoms with Gasteiger partial charge >= 0.3 is 5.97 Å². The van der Waals surface area contributed by atoms with Crippen molar-refractivity contribution in [2.75, 3.05) is 26.3 Å². The smallest absolute Gasteiger partial charge is 0.335 e. The summed E-state index contributed by atoms with van der Waals surface area (Å²) in [6.45, 7) is 11.2. The van der Waals surface area contributed by atoms with E-state index in [-0.39, 0.29) is 11.6 Å². The van der Waals surface area contributed by atoms with E-state index in [4.69, 9.17) is 14.6 Å². The molecule has 1 fully saturated rings. The minimum Gasteiger partial charge on any atom is -0.478 e. The Labute approximate surface area is 136 Å². The second kappa shape index (κ2) is 7.94. The van der Waals surface area contributed by atoms with Crippen molar-refractivity contribution in [3.05, 3.63) is 53.8 Å². The molecule has 1 aromatic carbocycles. The first kappa shape index (κ1) is 17.2. The summed E-state index contributed by atoms with van der Waals surface area (Å²) in [5, 5.41) is 8.96. The van der Waals surface area contributed by atoms with Crippen molar-refractivity contribution in [3.8, 4) is 0 Å². The predicted molar refractivity (Wildman–Crippen MR) is 89.1 cm³/mol. The first-order valence-corrected chi connectivity index (χ1v) is 7.71. The zero-order chi connectivity index (χ0) is 16.8. The highest BCUT2D eigenvalue weighted by atomic mass is 16.5. The number of rotatable bonds is 6. The number of benzene rings is 1. The molecule has 5 nitrogen and oxygen atoms in total. The van der Waals surface area contributed by atoms with E-state index >= 15 is 0 Å². The van der Waals surface area contributed by atoms with Crippen LogP contribution in [0.2, 0.25) is 0 Å². The Kier molecular flexibility index (Phi) is 5.96. The molecule has 1 aliphatic rings. The lowest BCUT2D eigenvalue weighted by Crippen LogP contribution is -2.43. The van der Waals surface area contributed by atoms with Crippen LogP contribution in [0.15, 0.2) is 42.7 Å². The molecule has 1 aliphatic heterocycles. The van der Waals surface area contributed by atoms with Gasteiger partial charge in [-0.25, -0.2) is 4.79 Å². The van der Waals surface area contributed by atoms with Crippen LogP contribution in [-0.4, -0.2) is 48.3 Å². The van der Waals surface area contributed by atoms with Crippen molar-refractivity contribution in [2.24, 2.45) is 0 Å². The highest BCUT2D eigenvalue weighted by Gasteiger charge is 2.21. The molecule has 1 N–H and O–H groups in total. The number of allylic oxidation sites excluding steroid dienone is 1. The predicted octanol–water partition coefficient (Wildman–Crippen LogP) is 3.00. The Bertz CT molecular complexity index is 586. The molecule has 0 bridgehead atoms. The number of carboxylic acids is 1. The second-order valence-electron chi connectivity index (χ2n) is 5.43. The van der Waals surface area contributed by atoms with Gasteiger partial charge in [-0.3, -0.25) is 4.90 Å². The summed E-state index contributed by atoms with van der Waals surface area (Å²) in [6, 6.07) is 6.71. The van der Waals surface area contributed by atoms with E-state index < -0.39 is 5.97 Å². The highest BCUT2D eigenvalue weighted by Crippen LogP contribution is 2.23. The maximum Gasteiger partial charge on any atom is 0.335 e. The molecular formula is C18H23NO4. The minimum absolute atomic E-state index is 0.0899. The lowest BCUT2D eigenvalue weighted by atomic mass is 10.1. The van der Waals surface area contributed by atoms with Crippen LogP contribution in [0.5, 0.6) is 0 Å². The Morgan fingerprint density at radius 3 is 2.39 bits per heavy atom. The molecule has 1 saturated heterocycles. The van der Waals surface area contributed by atoms with Gasteiger partial charge in [-0.2, -0.15) is 0 Å². The fraction of sp³-hybridized carbons (Fsp3) is 0.389. The largest absolute Gasteiger partial charge is 0.478 e. The fourth-order valence-corrected chi connectivity index (χ4v) is 2.46. The Morgan fingerprint density at radius 1 is 1.30 bits per heavy atom. The average Bonchev–Trinajstić information content (AvgIpc) is 2.59. The van der Waals surface area contributed by atoms with Gasteiger partial charge in [0.15, 0.2) is 0 Å². The van der Waals surface area contributed by atoms with Gasteiger partial charge in [-0.05, 0) is 32.1 Å². The van der Waals surface area contributed by atoms with Crippen LogP contribution in [0, 0.1) is 0 Å². The van der Waals surface area contributed by atoms with E-state index in [2.05, 4.69) is 18.4 Å². The van der Waals surface area contributed by atoms with E-state index in [9.17, 15) is 4.79 Å². The van der Waals surface area contributed by atoms with Crippen molar-refractivity contribution in [1.82, 2.24) is 4.90 Å². The Hall–Kier alpha value is -2.11. The summed E-state index contributed by atoms with van der Waals surface area (Å²) >= 11 is 0. The van der Waals surface area contributed by atoms with Gasteiger partial charge in [0.2, 0.25) is 0 Å². The van der Waals surface area contributed by atoms with Crippen LogP contribution in [0.25, 0.3) is 5.76 Å². The first-order chi connectivity index (χ1) is 11.0. The van der Waals surface area contributed by atoms with Gasteiger partial charge in [0.25, 0.3) is 0 Å². The van der Waals surface area contributed by atoms with Gasteiger partial charge in [0.1, 0.15) is 11.5 Å². The number of carboxylic acid groups (broad SMARTS) is 1. The Morgan fingerprint density at radius 2 is 1.87 bits per heavy atom. The molecule has 23 heavy (non-hydrogen) atoms. The van der Waals surface area contributed by atoms with Crippen LogP contribution in [0.1, 0.15) is 29.8 Å². The molecule has 2 rings (SSSR count). The fourth-order valence-electron chi connectivity index (χ4n) is 2.46. The van der Waals surface area contributed by atoms with Crippen LogP contribution >= 0.6 is 0 Å². The number of nitrogens with zero attached hydrogens (tertiary/aromatic N) is 1. The standard InChI is InChI=1S/C18H23NO4/c1-4-17(15-5-7-16(8-6-15)18(20)21)23-14(3)13(2)19-9-11-22-12-10-19/h4-8,13H,3,9-12H2,1-2H3,(H,20,21)/b17-4-. The normalized spacial score (nSPS) is 17.6. The van der Waals surface area contributed by atoms with Crippen LogP contribution in [-0.2, 0) is 9.47 Å². The van der Waals surface area contributed by atoms with E-state index in [0.717, 1.165) is 31.9 Å². The van der Waals surface area contributed by atoms with Crippen LogP contribution < -0.4 is 0 Å². The van der Waals surface area contributed by atoms with Crippen LogP contribution in [0.4, 0.5) is 0 Å². The van der Waals surface area contributed by atoms with E-state index in [1.165, 1.54) is 0 Å². The Balaban J connectivity index is 2.03. The third kappa shape index (κ3) is 4.43. The van der Waals surface area contributed by atoms with E-state index in [1.807, 2.05) is 13.0 Å². The summed E-state index contributed by atoms with van der Waals surface area (Å²) in [7, 11) is 0. The number of hydrogen-bond acceptors (Lipinski definition) is 4. The zero-order valence-corrected chi connectivity index (χ0v) is 13.6. The molecule has 0 saturated carbocycles. The third-order valence-corrected chi connectivity index (χ3v) is 3.98. The first-order valence-electron chi connectivity index (χ1n) is 7.71. The van der Waals surface area contributed by atoms with E-state index in [1.54, 1.807) is 24.3 Å². The van der Waals surface area contributed by atoms with Crippen LogP contribution in [0.3, 0.4) is 0 Å². The van der Waals surface area contributed by atoms with Crippen molar-refractivity contribution in [1.29, 1.82) is 0 Å². The maximum absolute atomic E-state index is 10.9. The van der Waals surface area contributed by atoms with Gasteiger partial charge in [-0.1, -0.05) is 18.7 Å². The number of hydrogen-bond donors (Lipinski definition) is 1. The summed E-state index contributed by atoms with van der Waals surface area (Å²) in [6.07, 6.45) is 1.85. The summed E-state index contributed by atoms with van der Waals surface area (Å²) in [5.74, 6) is 0.402. The maximum atomic E-state index is 10.9. The number of ether oxygens (including phenoxy) is 2. The monoisotopic (exact) mass is 317 g/mol. The number of aromatic carboxylic acids is 1. The molecule has 1 atom stereocenters. The summed E-state index contributed by atoms with van der Waals surface area (Å²) in [4.78, 5) is 13.2. The molecule has 0 spiro atoms. The van der Waals surface area contributed by atoms with Crippen molar-refractivity contribution < 1.29 is 19.4 Å². The molecular weight excluding hydrogens is 294 g/mol. The lowest BCUT2D eigenvalue weighted by molar-refractivity contribution is 0.0199. The van der Waals surface area contributed by atoms with E-state index in [0.29, 0.717) is 11.5 Å². The zero-order valence-electron chi connectivity index (χ0n) is 13.6. The third-order valence-electron chi connectivity index (χ3n) is 3.98. The van der Waals surface area contributed by atoms with Gasteiger partial charge in [-0.15, -0.1) is 0 Å². The van der Waals surface area contributed by atoms with Gasteiger partial charge in [0.05, 0.1) is 24.8 Å². The molecule has 0 aliphatic carbocycles. The number of carbonyl (C=O) groups is 1. The minimum atomic E-state index is -0.940. The number of morpholine rings is 1. The van der Waals surface area contributed by atoms with Crippen molar-refractivity contribution in [3.63, 3.8) is 0 Å². The molecule has 1 heterocycles. The molecule has 1 unspecified atom stereocenters. The SMILES string of the molecule is C=C(O/C(=C\C)c1ccc(C(=O)O)cc1)C(C)N1CCOCC1. The van der Waals surface area contributed by atoms with Crippen molar-refractivity contribution >= 4 is 11.7 Å². The van der Waals surface area contributed by atoms with Gasteiger partial charge in [0, 0.05) is 18.7 Å². The van der Waals surface area contributed by atoms with Gasteiger partial charge < -0.3 is 14.6 Å². The summed E-state index contributed by atoms with van der Waals surface area (Å²) < 4.78 is 11.3. The highest BCUT2D eigenvalue weighted by molar-refractivity contribution is 5.87. The molecule has 5 heteroatoms. The van der Waals surface area contributed by atoms with Crippen molar-refractivity contribution in [2.45, 2.75) is 19.9 Å². The lowest BCUT2D eigenvalue weighted by Gasteiger charge is -2.33. The summed E-state index contributed by atoms with van der Waals surface area (Å²) in [5.41, 5.74) is 1.08. The molecule has 0 radical (unpaired) electrons. The molecule has 0 amide bonds. The molecule has 0 aromatic heterocycles. The second-order valence-corrected chi connectivity index (χ2v) is 5.43. The molecule has 124 valence electrons. The topological polar surface area (TPSA) is 59.0 Å².